The van der Waals surface area contributed by atoms with Gasteiger partial charge >= 0.3 is 0 Å². The minimum Gasteiger partial charge on any atom is -0.264 e. The molecule has 1 aliphatic carbocycles. The Balaban J connectivity index is 1.48. The first kappa shape index (κ1) is 20.8. The van der Waals surface area contributed by atoms with Gasteiger partial charge in [-0.1, -0.05) is 103 Å². The van der Waals surface area contributed by atoms with E-state index >= 15 is 0 Å². The lowest BCUT2D eigenvalue weighted by atomic mass is 9.80. The lowest BCUT2D eigenvalue weighted by molar-refractivity contribution is 0.991. The Bertz CT molecular complexity index is 1760. The van der Waals surface area contributed by atoms with Gasteiger partial charge in [0.25, 0.3) is 0 Å². The maximum absolute atomic E-state index is 4.29. The third-order valence-electron chi connectivity index (χ3n) is 7.41. The van der Waals surface area contributed by atoms with Crippen LogP contribution in [0.15, 0.2) is 122 Å². The molecule has 0 aliphatic heterocycles. The van der Waals surface area contributed by atoms with Crippen molar-refractivity contribution in [2.24, 2.45) is 0 Å². The predicted octanol–water partition coefficient (Wildman–Crippen LogP) is 9.35. The molecule has 1 aliphatic rings. The van der Waals surface area contributed by atoms with Crippen LogP contribution in [-0.2, 0) is 6.42 Å². The molecule has 170 valence electrons. The number of aromatic nitrogens is 1. The van der Waals surface area contributed by atoms with E-state index in [1.165, 1.54) is 60.5 Å². The fourth-order valence-electron chi connectivity index (χ4n) is 5.73. The zero-order valence-corrected chi connectivity index (χ0v) is 20.0. The van der Waals surface area contributed by atoms with Gasteiger partial charge in [0.05, 0.1) is 0 Å². The van der Waals surface area contributed by atoms with Crippen molar-refractivity contribution in [3.05, 3.63) is 133 Å². The van der Waals surface area contributed by atoms with Crippen LogP contribution in [0.1, 0.15) is 17.5 Å². The van der Waals surface area contributed by atoms with E-state index in [9.17, 15) is 0 Å². The molecule has 1 heterocycles. The second-order valence-corrected chi connectivity index (χ2v) is 9.51. The van der Waals surface area contributed by atoms with Crippen molar-refractivity contribution in [1.29, 1.82) is 0 Å². The van der Waals surface area contributed by atoms with E-state index in [0.29, 0.717) is 0 Å². The molecule has 6 aromatic rings. The minimum absolute atomic E-state index is 1.06. The van der Waals surface area contributed by atoms with E-state index in [4.69, 9.17) is 0 Å². The van der Waals surface area contributed by atoms with Gasteiger partial charge in [-0.3, -0.25) is 4.98 Å². The summed E-state index contributed by atoms with van der Waals surface area (Å²) in [5.41, 5.74) is 10.4. The van der Waals surface area contributed by atoms with Crippen molar-refractivity contribution in [1.82, 2.24) is 4.98 Å². The average molecular weight is 460 g/mol. The Kier molecular flexibility index (Phi) is 4.99. The molecule has 7 rings (SSSR count). The van der Waals surface area contributed by atoms with Gasteiger partial charge in [-0.15, -0.1) is 0 Å². The first-order valence-corrected chi connectivity index (χ1v) is 12.6. The van der Waals surface area contributed by atoms with Crippen LogP contribution in [0.2, 0.25) is 0 Å². The van der Waals surface area contributed by atoms with Gasteiger partial charge in [0.1, 0.15) is 0 Å². The van der Waals surface area contributed by atoms with Crippen LogP contribution in [0, 0.1) is 0 Å². The summed E-state index contributed by atoms with van der Waals surface area (Å²) in [5, 5.41) is 5.20. The van der Waals surface area contributed by atoms with Crippen LogP contribution >= 0.6 is 0 Å². The zero-order valence-electron chi connectivity index (χ0n) is 20.0. The third-order valence-corrected chi connectivity index (χ3v) is 7.41. The minimum atomic E-state index is 1.06. The zero-order chi connectivity index (χ0) is 23.9. The number of nitrogens with zero attached hydrogens (tertiary/aromatic N) is 1. The van der Waals surface area contributed by atoms with E-state index in [1.54, 1.807) is 0 Å². The number of rotatable bonds is 3. The van der Waals surface area contributed by atoms with Gasteiger partial charge in [0.15, 0.2) is 0 Å². The molecule has 0 amide bonds. The van der Waals surface area contributed by atoms with Gasteiger partial charge in [-0.2, -0.15) is 0 Å². The fraction of sp³-hybridized carbons (Fsp3) is 0.0571. The molecule has 0 fully saturated rings. The SMILES string of the molecule is C1=Cc2c(c(-c3ccc4ccccc4c3)c3ccccc3c2-c2ccc(-c3cccnc3)cc2)CC1. The highest BCUT2D eigenvalue weighted by atomic mass is 14.6. The van der Waals surface area contributed by atoms with Crippen molar-refractivity contribution < 1.29 is 0 Å². The molecule has 0 radical (unpaired) electrons. The number of hydrogen-bond acceptors (Lipinski definition) is 1. The van der Waals surface area contributed by atoms with Crippen molar-refractivity contribution in [2.45, 2.75) is 12.8 Å². The van der Waals surface area contributed by atoms with Gasteiger partial charge < -0.3 is 0 Å². The van der Waals surface area contributed by atoms with Crippen LogP contribution < -0.4 is 0 Å². The highest BCUT2D eigenvalue weighted by Gasteiger charge is 2.21. The molecular formula is C35H25N. The smallest absolute Gasteiger partial charge is 0.0346 e. The standard InChI is InChI=1S/C35H25N/c1-2-9-27-22-28(20-17-24(27)8-1)35-32-13-5-3-11-30(32)34(31-12-4-6-14-33(31)35)26-18-15-25(16-19-26)29-10-7-21-36-23-29/h1-5,7-13,15-23H,6,14H2. The molecule has 0 unspecified atom stereocenters. The van der Waals surface area contributed by atoms with Crippen molar-refractivity contribution >= 4 is 27.6 Å². The maximum atomic E-state index is 4.29. The molecule has 0 spiro atoms. The summed E-state index contributed by atoms with van der Waals surface area (Å²) in [7, 11) is 0. The Morgan fingerprint density at radius 1 is 0.556 bits per heavy atom. The molecule has 1 aromatic heterocycles. The molecular weight excluding hydrogens is 434 g/mol. The average Bonchev–Trinajstić information content (AvgIpc) is 2.96. The largest absolute Gasteiger partial charge is 0.264 e. The number of pyridine rings is 1. The molecule has 0 bridgehead atoms. The van der Waals surface area contributed by atoms with E-state index in [2.05, 4.69) is 114 Å². The first-order valence-electron chi connectivity index (χ1n) is 12.6. The van der Waals surface area contributed by atoms with Gasteiger partial charge in [-0.05, 0) is 91.0 Å². The lowest BCUT2D eigenvalue weighted by Gasteiger charge is -2.24. The molecule has 0 saturated heterocycles. The highest BCUT2D eigenvalue weighted by molar-refractivity contribution is 6.10. The fourth-order valence-corrected chi connectivity index (χ4v) is 5.73. The Hall–Kier alpha value is -4.49. The predicted molar refractivity (Wildman–Crippen MR) is 153 cm³/mol. The van der Waals surface area contributed by atoms with Gasteiger partial charge in [0, 0.05) is 12.4 Å². The van der Waals surface area contributed by atoms with Crippen molar-refractivity contribution in [3.63, 3.8) is 0 Å². The van der Waals surface area contributed by atoms with Crippen molar-refractivity contribution in [2.75, 3.05) is 0 Å². The molecule has 0 saturated carbocycles. The second-order valence-electron chi connectivity index (χ2n) is 9.51. The van der Waals surface area contributed by atoms with E-state index < -0.39 is 0 Å². The summed E-state index contributed by atoms with van der Waals surface area (Å²) < 4.78 is 0. The lowest BCUT2D eigenvalue weighted by Crippen LogP contribution is -2.02. The molecule has 5 aromatic carbocycles. The summed E-state index contributed by atoms with van der Waals surface area (Å²) in [4.78, 5) is 4.29. The number of fused-ring (bicyclic) bond motifs is 3. The van der Waals surface area contributed by atoms with Gasteiger partial charge in [0.2, 0.25) is 0 Å². The monoisotopic (exact) mass is 459 g/mol. The van der Waals surface area contributed by atoms with E-state index in [-0.39, 0.29) is 0 Å². The molecule has 0 N–H and O–H groups in total. The second kappa shape index (κ2) is 8.62. The summed E-state index contributed by atoms with van der Waals surface area (Å²) in [6, 6.07) is 37.5. The van der Waals surface area contributed by atoms with Crippen LogP contribution in [0.5, 0.6) is 0 Å². The van der Waals surface area contributed by atoms with Gasteiger partial charge in [-0.25, -0.2) is 0 Å². The summed E-state index contributed by atoms with van der Waals surface area (Å²) in [5.74, 6) is 0. The normalized spacial score (nSPS) is 12.7. The quantitative estimate of drug-likeness (QED) is 0.257. The van der Waals surface area contributed by atoms with Crippen molar-refractivity contribution in [3.8, 4) is 33.4 Å². The third kappa shape index (κ3) is 3.44. The summed E-state index contributed by atoms with van der Waals surface area (Å²) in [6.07, 6.45) is 10.5. The number of allylic oxidation sites excluding steroid dienone is 1. The topological polar surface area (TPSA) is 12.9 Å². The maximum Gasteiger partial charge on any atom is 0.0346 e. The first-order chi connectivity index (χ1) is 17.9. The van der Waals surface area contributed by atoms with E-state index in [1.807, 2.05) is 18.5 Å². The molecule has 1 heteroatoms. The Morgan fingerprint density at radius 3 is 2.08 bits per heavy atom. The van der Waals surface area contributed by atoms with Crippen LogP contribution in [-0.4, -0.2) is 4.98 Å². The van der Waals surface area contributed by atoms with E-state index in [0.717, 1.165) is 18.4 Å². The summed E-state index contributed by atoms with van der Waals surface area (Å²) in [6.45, 7) is 0. The molecule has 36 heavy (non-hydrogen) atoms. The summed E-state index contributed by atoms with van der Waals surface area (Å²) >= 11 is 0. The van der Waals surface area contributed by atoms with Crippen LogP contribution in [0.4, 0.5) is 0 Å². The van der Waals surface area contributed by atoms with Crippen LogP contribution in [0.25, 0.3) is 61.0 Å². The molecule has 1 nitrogen and oxygen atoms in total. The Morgan fingerprint density at radius 2 is 1.28 bits per heavy atom. The Labute approximate surface area is 211 Å². The van der Waals surface area contributed by atoms with Crippen LogP contribution in [0.3, 0.4) is 0 Å². The number of hydrogen-bond donors (Lipinski definition) is 0. The highest BCUT2D eigenvalue weighted by Crippen LogP contribution is 2.45. The molecule has 0 atom stereocenters. The number of benzene rings is 5.